The number of carbonyl (C=O) groups excluding carboxylic acids is 5. The highest BCUT2D eigenvalue weighted by atomic mass is 35.5. The van der Waals surface area contributed by atoms with Gasteiger partial charge in [-0.1, -0.05) is 23.7 Å². The van der Waals surface area contributed by atoms with Gasteiger partial charge in [0.15, 0.2) is 0 Å². The number of ether oxygens (including phenoxy) is 2. The maximum atomic E-state index is 13.7. The fraction of sp³-hybridized carbons (Fsp3) is 0.351. The Bertz CT molecular complexity index is 1930. The summed E-state index contributed by atoms with van der Waals surface area (Å²) in [6, 6.07) is 16.5. The van der Waals surface area contributed by atoms with Gasteiger partial charge in [0, 0.05) is 49.0 Å². The number of hydrogen-bond donors (Lipinski definition) is 3. The van der Waals surface area contributed by atoms with Crippen LogP contribution in [0.4, 0.5) is 17.1 Å². The number of amides is 4. The van der Waals surface area contributed by atoms with Gasteiger partial charge in [0.05, 0.1) is 16.9 Å². The van der Waals surface area contributed by atoms with Crippen molar-refractivity contribution < 1.29 is 33.4 Å². The number of hydrogen-bond acceptors (Lipinski definition) is 10. The van der Waals surface area contributed by atoms with Crippen LogP contribution in [-0.4, -0.2) is 81.2 Å². The number of carbonyl (C=O) groups is 5. The van der Waals surface area contributed by atoms with Crippen molar-refractivity contribution in [3.05, 3.63) is 89.2 Å². The van der Waals surface area contributed by atoms with Crippen LogP contribution in [0.1, 0.15) is 56.5 Å². The number of tetrazole rings is 1. The third-order valence-electron chi connectivity index (χ3n) is 8.19. The maximum Gasteiger partial charge on any atom is 0.338 e. The van der Waals surface area contributed by atoms with E-state index in [-0.39, 0.29) is 29.0 Å². The van der Waals surface area contributed by atoms with Gasteiger partial charge in [-0.25, -0.2) is 4.79 Å². The largest absolute Gasteiger partial charge is 0.456 e. The van der Waals surface area contributed by atoms with Gasteiger partial charge in [0.2, 0.25) is 11.8 Å². The molecule has 1 fully saturated rings. The summed E-state index contributed by atoms with van der Waals surface area (Å²) in [4.78, 5) is 67.4. The summed E-state index contributed by atoms with van der Waals surface area (Å²) in [5, 5.41) is 19.1. The zero-order chi connectivity index (χ0) is 38.1. The molecule has 0 radical (unpaired) electrons. The summed E-state index contributed by atoms with van der Waals surface area (Å²) in [5.74, 6) is -3.12. The molecule has 278 valence electrons. The first kappa shape index (κ1) is 38.6. The molecule has 1 aliphatic heterocycles. The van der Waals surface area contributed by atoms with Crippen molar-refractivity contribution >= 4 is 58.3 Å². The molecular formula is C37H41ClN8O7. The molecule has 0 aliphatic carbocycles. The molecular weight excluding hydrogens is 704 g/mol. The van der Waals surface area contributed by atoms with Crippen LogP contribution in [0, 0.1) is 5.92 Å². The molecule has 2 heterocycles. The van der Waals surface area contributed by atoms with E-state index < -0.39 is 35.3 Å². The standard InChI is InChI=1S/C37H41ClN8O7/c1-5-52-21-24-16-17-45(32(47)19-24)28-13-6-23(7-14-28)18-30(33(48)40-27-11-8-25(9-12-27)36(51)53-37(2,3)4)42-35(50)34(49)41-29-20-26(38)10-15-31(29)46-22-39-43-44-46/h6-15,20,22,24,30H,5,16-19,21H2,1-4H3,(H,40,48)(H,41,49)(H,42,50)/t24?,30-/m0/s1. The molecule has 4 aromatic rings. The summed E-state index contributed by atoms with van der Waals surface area (Å²) >= 11 is 6.16. The topological polar surface area (TPSA) is 187 Å². The lowest BCUT2D eigenvalue weighted by Gasteiger charge is -2.31. The number of piperidine rings is 1. The molecule has 1 aliphatic rings. The fourth-order valence-electron chi connectivity index (χ4n) is 5.59. The molecule has 3 N–H and O–H groups in total. The van der Waals surface area contributed by atoms with Crippen LogP contribution in [0.5, 0.6) is 0 Å². The van der Waals surface area contributed by atoms with E-state index in [4.69, 9.17) is 21.1 Å². The van der Waals surface area contributed by atoms with Crippen molar-refractivity contribution in [2.75, 3.05) is 35.3 Å². The van der Waals surface area contributed by atoms with Crippen LogP contribution in [0.3, 0.4) is 0 Å². The summed E-state index contributed by atoms with van der Waals surface area (Å²) in [7, 11) is 0. The Hall–Kier alpha value is -5.67. The second kappa shape index (κ2) is 17.2. The Balaban J connectivity index is 1.31. The van der Waals surface area contributed by atoms with Gasteiger partial charge in [-0.05, 0) is 111 Å². The second-order valence-electron chi connectivity index (χ2n) is 13.4. The molecule has 53 heavy (non-hydrogen) atoms. The predicted molar refractivity (Wildman–Crippen MR) is 197 cm³/mol. The van der Waals surface area contributed by atoms with Crippen LogP contribution in [0.15, 0.2) is 73.1 Å². The van der Waals surface area contributed by atoms with Gasteiger partial charge < -0.3 is 30.3 Å². The van der Waals surface area contributed by atoms with Crippen LogP contribution in [0.25, 0.3) is 5.69 Å². The van der Waals surface area contributed by atoms with Crippen molar-refractivity contribution in [2.24, 2.45) is 5.92 Å². The first-order valence-corrected chi connectivity index (χ1v) is 17.4. The number of halogens is 1. The number of nitrogens with zero attached hydrogens (tertiary/aromatic N) is 5. The highest BCUT2D eigenvalue weighted by molar-refractivity contribution is 6.40. The first-order chi connectivity index (χ1) is 25.3. The van der Waals surface area contributed by atoms with E-state index in [0.717, 1.165) is 6.42 Å². The summed E-state index contributed by atoms with van der Waals surface area (Å²) in [6.07, 6.45) is 2.52. The molecule has 16 heteroatoms. The first-order valence-electron chi connectivity index (χ1n) is 17.1. The van der Waals surface area contributed by atoms with Gasteiger partial charge in [-0.2, -0.15) is 4.68 Å². The molecule has 0 bridgehead atoms. The van der Waals surface area contributed by atoms with E-state index in [1.807, 2.05) is 6.92 Å². The highest BCUT2D eigenvalue weighted by Crippen LogP contribution is 2.26. The van der Waals surface area contributed by atoms with Crippen LogP contribution in [-0.2, 0) is 35.1 Å². The number of anilines is 3. The van der Waals surface area contributed by atoms with Crippen molar-refractivity contribution in [3.63, 3.8) is 0 Å². The minimum atomic E-state index is -1.22. The number of nitrogens with one attached hydrogen (secondary N) is 3. The average Bonchev–Trinajstić information content (AvgIpc) is 3.65. The van der Waals surface area contributed by atoms with E-state index in [1.165, 1.54) is 41.3 Å². The lowest BCUT2D eigenvalue weighted by Crippen LogP contribution is -2.49. The molecule has 5 rings (SSSR count). The lowest BCUT2D eigenvalue weighted by atomic mass is 9.96. The molecule has 2 atom stereocenters. The van der Waals surface area contributed by atoms with Crippen LogP contribution in [0.2, 0.25) is 5.02 Å². The Labute approximate surface area is 311 Å². The smallest absolute Gasteiger partial charge is 0.338 e. The fourth-order valence-corrected chi connectivity index (χ4v) is 5.76. The Morgan fingerprint density at radius 2 is 1.72 bits per heavy atom. The Kier molecular flexibility index (Phi) is 12.5. The number of rotatable bonds is 12. The van der Waals surface area contributed by atoms with Gasteiger partial charge in [-0.3, -0.25) is 19.2 Å². The van der Waals surface area contributed by atoms with E-state index >= 15 is 0 Å². The van der Waals surface area contributed by atoms with Gasteiger partial charge >= 0.3 is 17.8 Å². The molecule has 1 aromatic heterocycles. The third-order valence-corrected chi connectivity index (χ3v) is 8.42. The summed E-state index contributed by atoms with van der Waals surface area (Å²) < 4.78 is 12.2. The molecule has 4 amide bonds. The normalized spacial score (nSPS) is 15.0. The number of aromatic nitrogens is 4. The highest BCUT2D eigenvalue weighted by Gasteiger charge is 2.29. The monoisotopic (exact) mass is 744 g/mol. The number of esters is 1. The van der Waals surface area contributed by atoms with Gasteiger partial charge in [-0.15, -0.1) is 5.10 Å². The zero-order valence-corrected chi connectivity index (χ0v) is 30.6. The zero-order valence-electron chi connectivity index (χ0n) is 29.8. The lowest BCUT2D eigenvalue weighted by molar-refractivity contribution is -0.137. The van der Waals surface area contributed by atoms with E-state index in [1.54, 1.807) is 62.1 Å². The molecule has 0 spiro atoms. The minimum absolute atomic E-state index is 0.00144. The Morgan fingerprint density at radius 1 is 0.981 bits per heavy atom. The Morgan fingerprint density at radius 3 is 2.36 bits per heavy atom. The predicted octanol–water partition coefficient (Wildman–Crippen LogP) is 4.36. The van der Waals surface area contributed by atoms with Crippen LogP contribution < -0.4 is 20.9 Å². The van der Waals surface area contributed by atoms with E-state index in [2.05, 4.69) is 31.5 Å². The maximum absolute atomic E-state index is 13.7. The molecule has 15 nitrogen and oxygen atoms in total. The molecule has 0 saturated carbocycles. The quantitative estimate of drug-likeness (QED) is 0.139. The van der Waals surface area contributed by atoms with Gasteiger partial charge in [0.1, 0.15) is 18.0 Å². The van der Waals surface area contributed by atoms with Gasteiger partial charge in [0.25, 0.3) is 0 Å². The third kappa shape index (κ3) is 10.7. The number of benzene rings is 3. The van der Waals surface area contributed by atoms with Crippen molar-refractivity contribution in [3.8, 4) is 5.69 Å². The van der Waals surface area contributed by atoms with Crippen molar-refractivity contribution in [1.82, 2.24) is 25.5 Å². The van der Waals surface area contributed by atoms with Crippen molar-refractivity contribution in [1.29, 1.82) is 0 Å². The molecule has 1 unspecified atom stereocenters. The minimum Gasteiger partial charge on any atom is -0.456 e. The van der Waals surface area contributed by atoms with Crippen molar-refractivity contribution in [2.45, 2.75) is 58.6 Å². The molecule has 3 aromatic carbocycles. The SMILES string of the molecule is CCOCC1CCN(c2ccc(C[C@H](NC(=O)C(=O)Nc3cc(Cl)ccc3-n3cnnn3)C(=O)Nc3ccc(C(=O)OC(C)(C)C)cc3)cc2)C(=O)C1. The second-order valence-corrected chi connectivity index (χ2v) is 13.8. The van der Waals surface area contributed by atoms with E-state index in [9.17, 15) is 24.0 Å². The summed E-state index contributed by atoms with van der Waals surface area (Å²) in [6.45, 7) is 8.92. The molecule has 1 saturated heterocycles. The van der Waals surface area contributed by atoms with Crippen LogP contribution >= 0.6 is 11.6 Å². The van der Waals surface area contributed by atoms with E-state index in [0.29, 0.717) is 54.4 Å². The summed E-state index contributed by atoms with van der Waals surface area (Å²) in [5.41, 5.74) is 1.83. The average molecular weight is 745 g/mol.